The van der Waals surface area contributed by atoms with Crippen molar-refractivity contribution in [1.29, 1.82) is 0 Å². The van der Waals surface area contributed by atoms with Gasteiger partial charge in [-0.2, -0.15) is 0 Å². The van der Waals surface area contributed by atoms with Gasteiger partial charge in [0.1, 0.15) is 17.2 Å². The summed E-state index contributed by atoms with van der Waals surface area (Å²) in [5.74, 6) is 1.26. The molecule has 0 saturated carbocycles. The molecule has 0 aromatic heterocycles. The third kappa shape index (κ3) is 4.44. The molecule has 0 bridgehead atoms. The van der Waals surface area contributed by atoms with Gasteiger partial charge in [0.15, 0.2) is 11.5 Å². The molecule has 0 fully saturated rings. The third-order valence-electron chi connectivity index (χ3n) is 5.71. The lowest BCUT2D eigenvalue weighted by molar-refractivity contribution is 0.408. The van der Waals surface area contributed by atoms with Crippen LogP contribution >= 0.6 is 0 Å². The first-order valence-electron chi connectivity index (χ1n) is 10.7. The van der Waals surface area contributed by atoms with Gasteiger partial charge in [-0.1, -0.05) is 18.2 Å². The fourth-order valence-corrected chi connectivity index (χ4v) is 3.72. The minimum Gasteiger partial charge on any atom is -0.506 e. The molecule has 0 atom stereocenters. The Labute approximate surface area is 193 Å². The Balaban J connectivity index is 1.78. The smallest absolute Gasteiger partial charge is 0.172 e. The zero-order valence-electron chi connectivity index (χ0n) is 19.1. The Bertz CT molecular complexity index is 1260. The molecule has 0 amide bonds. The summed E-state index contributed by atoms with van der Waals surface area (Å²) in [5, 5.41) is 31.5. The molecule has 5 nitrogen and oxygen atoms in total. The molecule has 5 heteroatoms. The van der Waals surface area contributed by atoms with Crippen molar-refractivity contribution >= 4 is 17.1 Å². The van der Waals surface area contributed by atoms with Gasteiger partial charge in [-0.25, -0.2) is 0 Å². The van der Waals surface area contributed by atoms with Gasteiger partial charge in [-0.15, -0.1) is 0 Å². The van der Waals surface area contributed by atoms with Gasteiger partial charge in [-0.05, 0) is 105 Å². The van der Waals surface area contributed by atoms with Gasteiger partial charge in [-0.3, -0.25) is 0 Å². The summed E-state index contributed by atoms with van der Waals surface area (Å²) < 4.78 is 5.99. The second-order valence-electron chi connectivity index (χ2n) is 8.27. The molecule has 0 radical (unpaired) electrons. The summed E-state index contributed by atoms with van der Waals surface area (Å²) in [6.45, 7) is 7.77. The summed E-state index contributed by atoms with van der Waals surface area (Å²) in [4.78, 5) is 1.81. The van der Waals surface area contributed by atoms with E-state index in [1.54, 1.807) is 30.3 Å². The van der Waals surface area contributed by atoms with Crippen LogP contribution in [0.2, 0.25) is 0 Å². The van der Waals surface area contributed by atoms with Crippen molar-refractivity contribution in [2.45, 2.75) is 27.7 Å². The lowest BCUT2D eigenvalue weighted by Crippen LogP contribution is -2.11. The van der Waals surface area contributed by atoms with Crippen molar-refractivity contribution in [3.8, 4) is 28.7 Å². The van der Waals surface area contributed by atoms with Gasteiger partial charge in [0.2, 0.25) is 0 Å². The van der Waals surface area contributed by atoms with Crippen LogP contribution in [0.25, 0.3) is 0 Å². The van der Waals surface area contributed by atoms with Gasteiger partial charge >= 0.3 is 0 Å². The topological polar surface area (TPSA) is 73.2 Å². The molecule has 0 aliphatic heterocycles. The van der Waals surface area contributed by atoms with Gasteiger partial charge in [0, 0.05) is 5.69 Å². The van der Waals surface area contributed by atoms with Crippen LogP contribution in [-0.4, -0.2) is 15.3 Å². The van der Waals surface area contributed by atoms with Crippen LogP contribution in [0.3, 0.4) is 0 Å². The summed E-state index contributed by atoms with van der Waals surface area (Å²) in [6, 6.07) is 21.5. The van der Waals surface area contributed by atoms with E-state index in [0.29, 0.717) is 22.9 Å². The van der Waals surface area contributed by atoms with Crippen molar-refractivity contribution in [2.75, 3.05) is 4.90 Å². The minimum atomic E-state index is 0.0816. The van der Waals surface area contributed by atoms with Crippen molar-refractivity contribution in [3.63, 3.8) is 0 Å². The number of benzene rings is 4. The maximum atomic E-state index is 10.6. The van der Waals surface area contributed by atoms with Crippen molar-refractivity contribution < 1.29 is 20.1 Å². The standard InChI is InChI=1S/C28H27NO4/c1-17-5-12-25(30)23(15-17)29(24-16-18(2)6-13-26(24)31)21-8-10-22(11-9-21)33-28-20(4)19(3)7-14-27(28)32/h5-16,30-32H,1-4H3. The Morgan fingerprint density at radius 1 is 0.606 bits per heavy atom. The first-order chi connectivity index (χ1) is 15.7. The molecular formula is C28H27NO4. The number of ether oxygens (including phenoxy) is 1. The Morgan fingerprint density at radius 2 is 1.12 bits per heavy atom. The molecule has 0 aliphatic rings. The second-order valence-corrected chi connectivity index (χ2v) is 8.27. The number of phenolic OH excluding ortho intramolecular Hbond substituents is 3. The van der Waals surface area contributed by atoms with Gasteiger partial charge in [0.05, 0.1) is 11.4 Å². The number of hydrogen-bond donors (Lipinski definition) is 3. The van der Waals surface area contributed by atoms with Crippen LogP contribution in [0.15, 0.2) is 72.8 Å². The van der Waals surface area contributed by atoms with E-state index in [-0.39, 0.29) is 17.2 Å². The highest BCUT2D eigenvalue weighted by molar-refractivity contribution is 5.83. The number of hydrogen-bond acceptors (Lipinski definition) is 5. The Kier molecular flexibility index (Phi) is 5.88. The molecular weight excluding hydrogens is 414 g/mol. The molecule has 0 unspecified atom stereocenters. The zero-order chi connectivity index (χ0) is 23.7. The van der Waals surface area contributed by atoms with Gasteiger partial charge in [0.25, 0.3) is 0 Å². The predicted molar refractivity (Wildman–Crippen MR) is 132 cm³/mol. The van der Waals surface area contributed by atoms with Crippen LogP contribution in [-0.2, 0) is 0 Å². The summed E-state index contributed by atoms with van der Waals surface area (Å²) in [7, 11) is 0. The van der Waals surface area contributed by atoms with E-state index in [1.807, 2.05) is 75.1 Å². The van der Waals surface area contributed by atoms with Crippen LogP contribution in [0.4, 0.5) is 17.1 Å². The van der Waals surface area contributed by atoms with Crippen LogP contribution in [0.1, 0.15) is 22.3 Å². The van der Waals surface area contributed by atoms with E-state index >= 15 is 0 Å². The first kappa shape index (κ1) is 22.1. The Morgan fingerprint density at radius 3 is 1.67 bits per heavy atom. The predicted octanol–water partition coefficient (Wildman–Crippen LogP) is 7.30. The molecule has 4 aromatic carbocycles. The maximum absolute atomic E-state index is 10.6. The number of rotatable bonds is 5. The van der Waals surface area contributed by atoms with Crippen LogP contribution < -0.4 is 9.64 Å². The monoisotopic (exact) mass is 441 g/mol. The van der Waals surface area contributed by atoms with E-state index in [0.717, 1.165) is 27.9 Å². The van der Waals surface area contributed by atoms with E-state index < -0.39 is 0 Å². The number of anilines is 3. The van der Waals surface area contributed by atoms with Crippen LogP contribution in [0.5, 0.6) is 28.7 Å². The van der Waals surface area contributed by atoms with Gasteiger partial charge < -0.3 is 25.0 Å². The highest BCUT2D eigenvalue weighted by Gasteiger charge is 2.20. The largest absolute Gasteiger partial charge is 0.506 e. The maximum Gasteiger partial charge on any atom is 0.172 e. The fraction of sp³-hybridized carbons (Fsp3) is 0.143. The Hall–Kier alpha value is -4.12. The van der Waals surface area contributed by atoms with E-state index in [1.165, 1.54) is 0 Å². The number of phenols is 3. The lowest BCUT2D eigenvalue weighted by atomic mass is 10.1. The normalized spacial score (nSPS) is 10.8. The number of aromatic hydroxyl groups is 3. The first-order valence-corrected chi connectivity index (χ1v) is 10.7. The molecule has 3 N–H and O–H groups in total. The molecule has 4 rings (SSSR count). The second kappa shape index (κ2) is 8.79. The highest BCUT2D eigenvalue weighted by Crippen LogP contribution is 2.44. The lowest BCUT2D eigenvalue weighted by Gasteiger charge is -2.27. The summed E-state index contributed by atoms with van der Waals surface area (Å²) in [6.07, 6.45) is 0. The fourth-order valence-electron chi connectivity index (χ4n) is 3.72. The third-order valence-corrected chi connectivity index (χ3v) is 5.71. The average molecular weight is 442 g/mol. The average Bonchev–Trinajstić information content (AvgIpc) is 2.80. The summed E-state index contributed by atoms with van der Waals surface area (Å²) >= 11 is 0. The van der Waals surface area contributed by atoms with Crippen molar-refractivity contribution in [3.05, 3.63) is 95.1 Å². The molecule has 4 aromatic rings. The summed E-state index contributed by atoms with van der Waals surface area (Å²) in [5.41, 5.74) is 5.68. The van der Waals surface area contributed by atoms with Crippen molar-refractivity contribution in [2.24, 2.45) is 0 Å². The highest BCUT2D eigenvalue weighted by atomic mass is 16.5. The molecule has 0 aliphatic carbocycles. The molecule has 168 valence electrons. The van der Waals surface area contributed by atoms with E-state index in [2.05, 4.69) is 0 Å². The van der Waals surface area contributed by atoms with Crippen molar-refractivity contribution in [1.82, 2.24) is 0 Å². The molecule has 0 spiro atoms. The van der Waals surface area contributed by atoms with Crippen LogP contribution in [0, 0.1) is 27.7 Å². The number of aryl methyl sites for hydroxylation is 3. The SMILES string of the molecule is Cc1ccc(O)c(N(c2ccc(Oc3c(O)ccc(C)c3C)cc2)c2cc(C)ccc2O)c1. The zero-order valence-corrected chi connectivity index (χ0v) is 19.1. The molecule has 0 heterocycles. The molecule has 0 saturated heterocycles. The quantitative estimate of drug-likeness (QED) is 0.303. The minimum absolute atomic E-state index is 0.0816. The van der Waals surface area contributed by atoms with E-state index in [4.69, 9.17) is 4.74 Å². The number of nitrogens with zero attached hydrogens (tertiary/aromatic N) is 1. The molecule has 33 heavy (non-hydrogen) atoms. The van der Waals surface area contributed by atoms with E-state index in [9.17, 15) is 15.3 Å².